The van der Waals surface area contributed by atoms with Crippen molar-refractivity contribution in [2.75, 3.05) is 13.7 Å². The van der Waals surface area contributed by atoms with Gasteiger partial charge in [-0.2, -0.15) is 0 Å². The average Bonchev–Trinajstić information content (AvgIpc) is 3.06. The van der Waals surface area contributed by atoms with Gasteiger partial charge in [-0.05, 0) is 30.5 Å². The summed E-state index contributed by atoms with van der Waals surface area (Å²) in [5.41, 5.74) is 0.935. The van der Waals surface area contributed by atoms with Crippen molar-refractivity contribution in [1.82, 2.24) is 10.2 Å². The lowest BCUT2D eigenvalue weighted by Gasteiger charge is -2.20. The quantitative estimate of drug-likeness (QED) is 0.769. The van der Waals surface area contributed by atoms with E-state index < -0.39 is 0 Å². The highest BCUT2D eigenvalue weighted by Gasteiger charge is 2.27. The molecule has 0 unspecified atom stereocenters. The molecule has 1 atom stereocenters. The van der Waals surface area contributed by atoms with Gasteiger partial charge in [0.25, 0.3) is 0 Å². The van der Waals surface area contributed by atoms with Crippen LogP contribution in [0.4, 0.5) is 0 Å². The first-order chi connectivity index (χ1) is 11.1. The van der Waals surface area contributed by atoms with Crippen molar-refractivity contribution in [3.05, 3.63) is 29.8 Å². The molecule has 1 N–H and O–H groups in total. The Labute approximate surface area is 135 Å². The lowest BCUT2D eigenvalue weighted by molar-refractivity contribution is -0.136. The fourth-order valence-electron chi connectivity index (χ4n) is 2.68. The van der Waals surface area contributed by atoms with Gasteiger partial charge in [0.05, 0.1) is 13.2 Å². The Hall–Kier alpha value is -2.37. The number of carbonyl (C=O) groups is 3. The first kappa shape index (κ1) is 17.0. The van der Waals surface area contributed by atoms with Gasteiger partial charge in [0.1, 0.15) is 12.0 Å². The van der Waals surface area contributed by atoms with Crippen LogP contribution in [0.2, 0.25) is 0 Å². The van der Waals surface area contributed by atoms with Crippen LogP contribution < -0.4 is 10.1 Å². The second-order valence-electron chi connectivity index (χ2n) is 5.56. The Kier molecular flexibility index (Phi) is 6.14. The normalized spacial score (nSPS) is 16.9. The second kappa shape index (κ2) is 8.31. The Bertz CT molecular complexity index is 573. The van der Waals surface area contributed by atoms with Crippen LogP contribution in [-0.4, -0.2) is 42.7 Å². The van der Waals surface area contributed by atoms with Crippen LogP contribution in [0, 0.1) is 0 Å². The molecule has 23 heavy (non-hydrogen) atoms. The first-order valence-electron chi connectivity index (χ1n) is 7.78. The monoisotopic (exact) mass is 318 g/mol. The van der Waals surface area contributed by atoms with E-state index in [1.54, 1.807) is 12.0 Å². The molecule has 1 aromatic rings. The third-order valence-corrected chi connectivity index (χ3v) is 3.97. The molecule has 1 fully saturated rings. The average molecular weight is 318 g/mol. The molecule has 0 aliphatic carbocycles. The zero-order valence-electron chi connectivity index (χ0n) is 13.3. The van der Waals surface area contributed by atoms with E-state index in [0.29, 0.717) is 13.1 Å². The molecular weight excluding hydrogens is 296 g/mol. The third kappa shape index (κ3) is 4.81. The molecule has 0 spiro atoms. The highest BCUT2D eigenvalue weighted by Crippen LogP contribution is 2.17. The lowest BCUT2D eigenvalue weighted by Crippen LogP contribution is -2.37. The van der Waals surface area contributed by atoms with Crippen molar-refractivity contribution < 1.29 is 19.1 Å². The SMILES string of the molecule is COc1cccc(CNC(=O)CCC(=O)N2CCC[C@H]2C=O)c1. The van der Waals surface area contributed by atoms with Crippen molar-refractivity contribution >= 4 is 18.1 Å². The van der Waals surface area contributed by atoms with Crippen LogP contribution in [0.3, 0.4) is 0 Å². The van der Waals surface area contributed by atoms with Gasteiger partial charge < -0.3 is 19.7 Å². The highest BCUT2D eigenvalue weighted by molar-refractivity contribution is 5.85. The Morgan fingerprint density at radius 1 is 1.39 bits per heavy atom. The number of rotatable bonds is 7. The van der Waals surface area contributed by atoms with Crippen LogP contribution in [0.1, 0.15) is 31.2 Å². The molecule has 1 aliphatic rings. The van der Waals surface area contributed by atoms with Crippen LogP contribution >= 0.6 is 0 Å². The van der Waals surface area contributed by atoms with Crippen molar-refractivity contribution in [3.8, 4) is 5.75 Å². The van der Waals surface area contributed by atoms with Crippen LogP contribution in [-0.2, 0) is 20.9 Å². The number of nitrogens with zero attached hydrogens (tertiary/aromatic N) is 1. The maximum atomic E-state index is 12.0. The number of hydrogen-bond donors (Lipinski definition) is 1. The molecule has 2 rings (SSSR count). The van der Waals surface area contributed by atoms with Crippen molar-refractivity contribution in [3.63, 3.8) is 0 Å². The molecule has 0 saturated carbocycles. The van der Waals surface area contributed by atoms with Crippen molar-refractivity contribution in [2.45, 2.75) is 38.3 Å². The van der Waals surface area contributed by atoms with E-state index in [2.05, 4.69) is 5.32 Å². The summed E-state index contributed by atoms with van der Waals surface area (Å²) < 4.78 is 5.13. The molecule has 0 radical (unpaired) electrons. The highest BCUT2D eigenvalue weighted by atomic mass is 16.5. The fourth-order valence-corrected chi connectivity index (χ4v) is 2.68. The molecule has 6 heteroatoms. The first-order valence-corrected chi connectivity index (χ1v) is 7.78. The number of aldehydes is 1. The largest absolute Gasteiger partial charge is 0.497 e. The smallest absolute Gasteiger partial charge is 0.223 e. The fraction of sp³-hybridized carbons (Fsp3) is 0.471. The minimum atomic E-state index is -0.317. The van der Waals surface area contributed by atoms with Gasteiger partial charge in [0.2, 0.25) is 11.8 Å². The van der Waals surface area contributed by atoms with Gasteiger partial charge in [0, 0.05) is 25.9 Å². The second-order valence-corrected chi connectivity index (χ2v) is 5.56. The molecule has 0 bridgehead atoms. The summed E-state index contributed by atoms with van der Waals surface area (Å²) >= 11 is 0. The summed E-state index contributed by atoms with van der Waals surface area (Å²) in [6, 6.07) is 7.12. The summed E-state index contributed by atoms with van der Waals surface area (Å²) in [7, 11) is 1.59. The van der Waals surface area contributed by atoms with Crippen molar-refractivity contribution in [1.29, 1.82) is 0 Å². The Balaban J connectivity index is 1.74. The molecule has 1 aromatic carbocycles. The Morgan fingerprint density at radius 2 is 2.22 bits per heavy atom. The van der Waals surface area contributed by atoms with Gasteiger partial charge >= 0.3 is 0 Å². The van der Waals surface area contributed by atoms with Crippen LogP contribution in [0.5, 0.6) is 5.75 Å². The van der Waals surface area contributed by atoms with Gasteiger partial charge in [-0.3, -0.25) is 9.59 Å². The molecule has 2 amide bonds. The summed E-state index contributed by atoms with van der Waals surface area (Å²) in [5.74, 6) is 0.431. The number of methoxy groups -OCH3 is 1. The number of benzene rings is 1. The number of nitrogens with one attached hydrogen (secondary N) is 1. The summed E-state index contributed by atoms with van der Waals surface area (Å²) in [6.45, 7) is 0.999. The zero-order valence-corrected chi connectivity index (χ0v) is 13.3. The van der Waals surface area contributed by atoms with E-state index in [1.807, 2.05) is 24.3 Å². The Morgan fingerprint density at radius 3 is 2.96 bits per heavy atom. The molecule has 1 heterocycles. The van der Waals surface area contributed by atoms with E-state index in [0.717, 1.165) is 30.4 Å². The molecular formula is C17H22N2O4. The summed E-state index contributed by atoms with van der Waals surface area (Å²) in [5, 5.41) is 2.79. The molecule has 124 valence electrons. The van der Waals surface area contributed by atoms with E-state index in [1.165, 1.54) is 0 Å². The van der Waals surface area contributed by atoms with Crippen molar-refractivity contribution in [2.24, 2.45) is 0 Å². The van der Waals surface area contributed by atoms with Gasteiger partial charge in [-0.25, -0.2) is 0 Å². The number of carbonyl (C=O) groups excluding carboxylic acids is 3. The lowest BCUT2D eigenvalue weighted by atomic mass is 10.2. The topological polar surface area (TPSA) is 75.7 Å². The number of likely N-dealkylation sites (tertiary alicyclic amines) is 1. The standard InChI is InChI=1S/C17H22N2O4/c1-23-15-6-2-4-13(10-15)11-18-16(21)7-8-17(22)19-9-3-5-14(19)12-20/h2,4,6,10,12,14H,3,5,7-9,11H2,1H3,(H,18,21)/t14-/m0/s1. The number of amides is 2. The van der Waals surface area contributed by atoms with Gasteiger partial charge in [-0.15, -0.1) is 0 Å². The van der Waals surface area contributed by atoms with E-state index in [9.17, 15) is 14.4 Å². The predicted octanol–water partition coefficient (Wildman–Crippen LogP) is 1.28. The molecule has 0 aromatic heterocycles. The molecule has 1 saturated heterocycles. The number of hydrogen-bond acceptors (Lipinski definition) is 4. The summed E-state index contributed by atoms with van der Waals surface area (Å²) in [4.78, 5) is 36.4. The van der Waals surface area contributed by atoms with Gasteiger partial charge in [-0.1, -0.05) is 12.1 Å². The van der Waals surface area contributed by atoms with Crippen LogP contribution in [0.25, 0.3) is 0 Å². The third-order valence-electron chi connectivity index (χ3n) is 3.97. The van der Waals surface area contributed by atoms with Gasteiger partial charge in [0.15, 0.2) is 0 Å². The van der Waals surface area contributed by atoms with E-state index >= 15 is 0 Å². The molecule has 1 aliphatic heterocycles. The van der Waals surface area contributed by atoms with Crippen LogP contribution in [0.15, 0.2) is 24.3 Å². The minimum Gasteiger partial charge on any atom is -0.497 e. The maximum Gasteiger partial charge on any atom is 0.223 e. The summed E-state index contributed by atoms with van der Waals surface area (Å²) in [6.07, 6.45) is 2.64. The minimum absolute atomic E-state index is 0.129. The van der Waals surface area contributed by atoms with E-state index in [4.69, 9.17) is 4.74 Å². The maximum absolute atomic E-state index is 12.0. The van der Waals surface area contributed by atoms with E-state index in [-0.39, 0.29) is 30.7 Å². The molecule has 6 nitrogen and oxygen atoms in total. The number of ether oxygens (including phenoxy) is 1. The zero-order chi connectivity index (χ0) is 16.7. The predicted molar refractivity (Wildman–Crippen MR) is 84.9 cm³/mol.